The maximum absolute atomic E-state index is 11.9. The van der Waals surface area contributed by atoms with Crippen LogP contribution in [0.1, 0.15) is 35.4 Å². The number of amides is 2. The van der Waals surface area contributed by atoms with Crippen molar-refractivity contribution in [3.8, 4) is 0 Å². The molecule has 19 heavy (non-hydrogen) atoms. The summed E-state index contributed by atoms with van der Waals surface area (Å²) in [4.78, 5) is 30.9. The fourth-order valence-corrected chi connectivity index (χ4v) is 2.78. The average molecular weight is 282 g/mol. The van der Waals surface area contributed by atoms with E-state index in [1.165, 1.54) is 16.2 Å². The van der Waals surface area contributed by atoms with E-state index in [9.17, 15) is 9.59 Å². The van der Waals surface area contributed by atoms with Crippen molar-refractivity contribution in [1.29, 1.82) is 0 Å². The quantitative estimate of drug-likeness (QED) is 0.838. The van der Waals surface area contributed by atoms with Gasteiger partial charge in [0, 0.05) is 7.05 Å². The summed E-state index contributed by atoms with van der Waals surface area (Å²) in [5.74, 6) is -0.440. The van der Waals surface area contributed by atoms with Crippen LogP contribution in [0.3, 0.4) is 0 Å². The highest BCUT2D eigenvalue weighted by Gasteiger charge is 2.19. The lowest BCUT2D eigenvalue weighted by Gasteiger charge is -2.17. The van der Waals surface area contributed by atoms with Crippen LogP contribution in [0.2, 0.25) is 0 Å². The minimum Gasteiger partial charge on any atom is -0.332 e. The monoisotopic (exact) mass is 282 g/mol. The number of hydroxylamine groups is 1. The molecule has 0 bridgehead atoms. The van der Waals surface area contributed by atoms with Crippen molar-refractivity contribution < 1.29 is 14.4 Å². The SMILES string of the molecule is CN(CC(=O)NOC1CCCC1)C(=O)c1cccs1. The summed E-state index contributed by atoms with van der Waals surface area (Å²) in [7, 11) is 1.61. The topological polar surface area (TPSA) is 58.6 Å². The Morgan fingerprint density at radius 2 is 2.21 bits per heavy atom. The highest BCUT2D eigenvalue weighted by Crippen LogP contribution is 2.19. The Morgan fingerprint density at radius 3 is 2.84 bits per heavy atom. The van der Waals surface area contributed by atoms with Gasteiger partial charge >= 0.3 is 0 Å². The van der Waals surface area contributed by atoms with Gasteiger partial charge in [0.05, 0.1) is 11.0 Å². The molecular weight excluding hydrogens is 264 g/mol. The molecule has 1 N–H and O–H groups in total. The third-order valence-electron chi connectivity index (χ3n) is 3.10. The lowest BCUT2D eigenvalue weighted by molar-refractivity contribution is -0.138. The normalized spacial score (nSPS) is 15.4. The van der Waals surface area contributed by atoms with Gasteiger partial charge in [-0.25, -0.2) is 5.48 Å². The van der Waals surface area contributed by atoms with Gasteiger partial charge in [-0.1, -0.05) is 18.9 Å². The Balaban J connectivity index is 1.73. The molecule has 5 nitrogen and oxygen atoms in total. The van der Waals surface area contributed by atoms with E-state index in [2.05, 4.69) is 5.48 Å². The number of likely N-dealkylation sites (N-methyl/N-ethyl adjacent to an activating group) is 1. The zero-order valence-electron chi connectivity index (χ0n) is 10.9. The minimum atomic E-state index is -0.292. The molecule has 1 aromatic rings. The number of hydrogen-bond donors (Lipinski definition) is 1. The van der Waals surface area contributed by atoms with Gasteiger partial charge in [-0.3, -0.25) is 14.4 Å². The summed E-state index contributed by atoms with van der Waals surface area (Å²) in [6.07, 6.45) is 4.41. The van der Waals surface area contributed by atoms with Gasteiger partial charge in [0.25, 0.3) is 11.8 Å². The van der Waals surface area contributed by atoms with E-state index in [0.717, 1.165) is 25.7 Å². The first-order chi connectivity index (χ1) is 9.16. The van der Waals surface area contributed by atoms with Gasteiger partial charge in [-0.05, 0) is 24.3 Å². The Morgan fingerprint density at radius 1 is 1.47 bits per heavy atom. The summed E-state index contributed by atoms with van der Waals surface area (Å²) in [6.45, 7) is 0.00343. The molecule has 0 unspecified atom stereocenters. The van der Waals surface area contributed by atoms with Crippen LogP contribution in [0.5, 0.6) is 0 Å². The molecule has 0 saturated heterocycles. The van der Waals surface area contributed by atoms with Crippen LogP contribution in [0.4, 0.5) is 0 Å². The second-order valence-corrected chi connectivity index (χ2v) is 5.64. The first kappa shape index (κ1) is 14.0. The molecule has 1 aliphatic rings. The lowest BCUT2D eigenvalue weighted by Crippen LogP contribution is -2.39. The highest BCUT2D eigenvalue weighted by atomic mass is 32.1. The lowest BCUT2D eigenvalue weighted by atomic mass is 10.3. The summed E-state index contributed by atoms with van der Waals surface area (Å²) < 4.78 is 0. The predicted molar refractivity (Wildman–Crippen MR) is 72.8 cm³/mol. The molecule has 104 valence electrons. The maximum atomic E-state index is 11.9. The number of rotatable bonds is 5. The van der Waals surface area contributed by atoms with Gasteiger partial charge < -0.3 is 4.90 Å². The molecule has 0 atom stereocenters. The van der Waals surface area contributed by atoms with Crippen molar-refractivity contribution in [1.82, 2.24) is 10.4 Å². The van der Waals surface area contributed by atoms with Crippen molar-refractivity contribution >= 4 is 23.2 Å². The van der Waals surface area contributed by atoms with E-state index in [4.69, 9.17) is 4.84 Å². The van der Waals surface area contributed by atoms with Crippen LogP contribution in [0.25, 0.3) is 0 Å². The maximum Gasteiger partial charge on any atom is 0.264 e. The van der Waals surface area contributed by atoms with Crippen molar-refractivity contribution in [3.05, 3.63) is 22.4 Å². The molecule has 0 aromatic carbocycles. The zero-order valence-corrected chi connectivity index (χ0v) is 11.7. The molecule has 1 aromatic heterocycles. The number of nitrogens with one attached hydrogen (secondary N) is 1. The van der Waals surface area contributed by atoms with E-state index in [-0.39, 0.29) is 24.5 Å². The largest absolute Gasteiger partial charge is 0.332 e. The van der Waals surface area contributed by atoms with E-state index in [0.29, 0.717) is 4.88 Å². The third-order valence-corrected chi connectivity index (χ3v) is 3.96. The van der Waals surface area contributed by atoms with Crippen LogP contribution in [-0.4, -0.2) is 36.4 Å². The van der Waals surface area contributed by atoms with Crippen molar-refractivity contribution in [2.75, 3.05) is 13.6 Å². The Bertz CT molecular complexity index is 427. The van der Waals surface area contributed by atoms with Crippen LogP contribution in [0, 0.1) is 0 Å². The highest BCUT2D eigenvalue weighted by molar-refractivity contribution is 7.12. The van der Waals surface area contributed by atoms with Gasteiger partial charge in [-0.2, -0.15) is 0 Å². The fraction of sp³-hybridized carbons (Fsp3) is 0.538. The van der Waals surface area contributed by atoms with Crippen molar-refractivity contribution in [2.24, 2.45) is 0 Å². The fourth-order valence-electron chi connectivity index (χ4n) is 2.06. The molecule has 0 aliphatic heterocycles. The van der Waals surface area contributed by atoms with Crippen molar-refractivity contribution in [2.45, 2.75) is 31.8 Å². The summed E-state index contributed by atoms with van der Waals surface area (Å²) in [5.41, 5.74) is 2.43. The van der Waals surface area contributed by atoms with E-state index < -0.39 is 0 Å². The number of hydrogen-bond acceptors (Lipinski definition) is 4. The van der Waals surface area contributed by atoms with Gasteiger partial charge in [0.1, 0.15) is 6.54 Å². The second kappa shape index (κ2) is 6.68. The molecule has 1 heterocycles. The van der Waals surface area contributed by atoms with Crippen molar-refractivity contribution in [3.63, 3.8) is 0 Å². The smallest absolute Gasteiger partial charge is 0.264 e. The van der Waals surface area contributed by atoms with Crippen LogP contribution in [0.15, 0.2) is 17.5 Å². The molecule has 1 fully saturated rings. The third kappa shape index (κ3) is 4.04. The summed E-state index contributed by atoms with van der Waals surface area (Å²) in [5, 5.41) is 1.84. The number of carbonyl (C=O) groups is 2. The zero-order chi connectivity index (χ0) is 13.7. The van der Waals surface area contributed by atoms with Gasteiger partial charge in [0.2, 0.25) is 0 Å². The Kier molecular flexibility index (Phi) is 4.93. The Labute approximate surface area is 116 Å². The predicted octanol–water partition coefficient (Wildman–Crippen LogP) is 1.81. The van der Waals surface area contributed by atoms with Crippen LogP contribution in [-0.2, 0) is 9.63 Å². The van der Waals surface area contributed by atoms with Gasteiger partial charge in [0.15, 0.2) is 0 Å². The molecule has 6 heteroatoms. The standard InChI is InChI=1S/C13H18N2O3S/c1-15(13(17)11-7-4-8-19-11)9-12(16)14-18-10-5-2-3-6-10/h4,7-8,10H,2-3,5-6,9H2,1H3,(H,14,16). The van der Waals surface area contributed by atoms with E-state index in [1.54, 1.807) is 13.1 Å². The van der Waals surface area contributed by atoms with E-state index >= 15 is 0 Å². The van der Waals surface area contributed by atoms with Crippen LogP contribution >= 0.6 is 11.3 Å². The molecular formula is C13H18N2O3S. The van der Waals surface area contributed by atoms with Gasteiger partial charge in [-0.15, -0.1) is 11.3 Å². The summed E-state index contributed by atoms with van der Waals surface area (Å²) >= 11 is 1.37. The molecule has 0 radical (unpaired) electrons. The molecule has 1 aliphatic carbocycles. The number of nitrogens with zero attached hydrogens (tertiary/aromatic N) is 1. The molecule has 2 rings (SSSR count). The minimum absolute atomic E-state index is 0.00343. The van der Waals surface area contributed by atoms with E-state index in [1.807, 2.05) is 11.4 Å². The number of thiophene rings is 1. The molecule has 1 saturated carbocycles. The first-order valence-electron chi connectivity index (χ1n) is 6.40. The first-order valence-corrected chi connectivity index (χ1v) is 7.28. The molecule has 0 spiro atoms. The second-order valence-electron chi connectivity index (χ2n) is 4.69. The molecule has 2 amide bonds. The Hall–Kier alpha value is -1.40. The summed E-state index contributed by atoms with van der Waals surface area (Å²) in [6, 6.07) is 3.56. The van der Waals surface area contributed by atoms with Crippen LogP contribution < -0.4 is 5.48 Å². The average Bonchev–Trinajstić information content (AvgIpc) is 3.08. The number of carbonyl (C=O) groups excluding carboxylic acids is 2.